The Balaban J connectivity index is 1.37. The normalized spacial score (nSPS) is 15.6. The first-order valence-electron chi connectivity index (χ1n) is 8.02. The topological polar surface area (TPSA) is 55.3 Å². The Labute approximate surface area is 143 Å². The molecule has 1 aliphatic rings. The maximum Gasteiger partial charge on any atom is 0.274 e. The summed E-state index contributed by atoms with van der Waals surface area (Å²) < 4.78 is 7.16. The van der Waals surface area contributed by atoms with E-state index in [0.717, 1.165) is 23.1 Å². The molecular formula is C18H17N3O2S. The second kappa shape index (κ2) is 6.57. The average Bonchev–Trinajstić information content (AvgIpc) is 3.05. The number of piperidine rings is 1. The largest absolute Gasteiger partial charge is 0.467 e. The lowest BCUT2D eigenvalue weighted by molar-refractivity contribution is 0.0590. The molecule has 122 valence electrons. The van der Waals surface area contributed by atoms with E-state index in [9.17, 15) is 4.79 Å². The predicted molar refractivity (Wildman–Crippen MR) is 93.4 cm³/mol. The highest BCUT2D eigenvalue weighted by atomic mass is 32.1. The van der Waals surface area contributed by atoms with E-state index < -0.39 is 0 Å². The van der Waals surface area contributed by atoms with Crippen LogP contribution in [0.4, 0.5) is 0 Å². The predicted octanol–water partition coefficient (Wildman–Crippen LogP) is 3.37. The monoisotopic (exact) mass is 339 g/mol. The summed E-state index contributed by atoms with van der Waals surface area (Å²) in [6, 6.07) is 13.4. The number of para-hydroxylation sites is 1. The summed E-state index contributed by atoms with van der Waals surface area (Å²) in [6.45, 7) is 1.37. The zero-order chi connectivity index (χ0) is 16.4. The summed E-state index contributed by atoms with van der Waals surface area (Å²) in [5.41, 5.74) is 1.48. The van der Waals surface area contributed by atoms with Gasteiger partial charge in [-0.1, -0.05) is 29.5 Å². The van der Waals surface area contributed by atoms with Gasteiger partial charge in [-0.3, -0.25) is 9.78 Å². The van der Waals surface area contributed by atoms with Crippen molar-refractivity contribution in [2.24, 2.45) is 0 Å². The van der Waals surface area contributed by atoms with Crippen molar-refractivity contribution in [3.63, 3.8) is 0 Å². The van der Waals surface area contributed by atoms with Gasteiger partial charge in [0.15, 0.2) is 0 Å². The number of hydrogen-bond donors (Lipinski definition) is 0. The maximum absolute atomic E-state index is 12.4. The molecule has 2 aromatic heterocycles. The van der Waals surface area contributed by atoms with Crippen LogP contribution >= 0.6 is 11.3 Å². The first-order valence-corrected chi connectivity index (χ1v) is 8.84. The number of hydrogen-bond acceptors (Lipinski definition) is 5. The maximum atomic E-state index is 12.4. The summed E-state index contributed by atoms with van der Waals surface area (Å²) in [5.74, 6) is -0.00552. The molecule has 4 rings (SSSR count). The molecule has 0 aliphatic carbocycles. The van der Waals surface area contributed by atoms with Crippen molar-refractivity contribution in [3.8, 4) is 5.19 Å². The molecule has 0 saturated carbocycles. The quantitative estimate of drug-likeness (QED) is 0.734. The van der Waals surface area contributed by atoms with E-state index in [-0.39, 0.29) is 12.0 Å². The minimum atomic E-state index is -0.00552. The molecule has 0 unspecified atom stereocenters. The average molecular weight is 339 g/mol. The Hall–Kier alpha value is -2.47. The van der Waals surface area contributed by atoms with Gasteiger partial charge in [0.1, 0.15) is 11.8 Å². The summed E-state index contributed by atoms with van der Waals surface area (Å²) in [5, 5.41) is 0.714. The molecule has 24 heavy (non-hydrogen) atoms. The van der Waals surface area contributed by atoms with E-state index in [2.05, 4.69) is 9.97 Å². The summed E-state index contributed by atoms with van der Waals surface area (Å²) in [7, 11) is 0. The number of likely N-dealkylation sites (tertiary alicyclic amines) is 1. The van der Waals surface area contributed by atoms with Gasteiger partial charge in [0, 0.05) is 32.1 Å². The Morgan fingerprint density at radius 1 is 1.12 bits per heavy atom. The molecule has 1 amide bonds. The molecular weight excluding hydrogens is 322 g/mol. The summed E-state index contributed by atoms with van der Waals surface area (Å²) in [4.78, 5) is 22.9. The van der Waals surface area contributed by atoms with Crippen molar-refractivity contribution >= 4 is 27.5 Å². The zero-order valence-electron chi connectivity index (χ0n) is 13.1. The first kappa shape index (κ1) is 15.1. The van der Waals surface area contributed by atoms with Gasteiger partial charge >= 0.3 is 0 Å². The molecule has 3 aromatic rings. The van der Waals surface area contributed by atoms with Gasteiger partial charge in [-0.2, -0.15) is 0 Å². The van der Waals surface area contributed by atoms with E-state index in [1.807, 2.05) is 41.3 Å². The molecule has 5 nitrogen and oxygen atoms in total. The Morgan fingerprint density at radius 2 is 1.92 bits per heavy atom. The lowest BCUT2D eigenvalue weighted by Crippen LogP contribution is -2.42. The minimum absolute atomic E-state index is 0.00552. The van der Waals surface area contributed by atoms with Crippen molar-refractivity contribution in [2.75, 3.05) is 13.1 Å². The van der Waals surface area contributed by atoms with Crippen LogP contribution in [0.25, 0.3) is 10.2 Å². The van der Waals surface area contributed by atoms with Crippen LogP contribution in [-0.4, -0.2) is 40.0 Å². The van der Waals surface area contributed by atoms with Crippen LogP contribution in [0, 0.1) is 0 Å². The number of aromatic nitrogens is 2. The molecule has 0 N–H and O–H groups in total. The molecule has 0 bridgehead atoms. The molecule has 1 aliphatic heterocycles. The van der Waals surface area contributed by atoms with Gasteiger partial charge in [0.2, 0.25) is 0 Å². The highest BCUT2D eigenvalue weighted by Gasteiger charge is 2.25. The van der Waals surface area contributed by atoms with Gasteiger partial charge < -0.3 is 9.64 Å². The molecule has 6 heteroatoms. The number of fused-ring (bicyclic) bond motifs is 1. The number of nitrogens with zero attached hydrogens (tertiary/aromatic N) is 3. The number of amides is 1. The van der Waals surface area contributed by atoms with Crippen LogP contribution in [0.2, 0.25) is 0 Å². The van der Waals surface area contributed by atoms with Gasteiger partial charge in [0.05, 0.1) is 10.2 Å². The van der Waals surface area contributed by atoms with Crippen LogP contribution in [0.3, 0.4) is 0 Å². The van der Waals surface area contributed by atoms with Gasteiger partial charge in [0.25, 0.3) is 11.1 Å². The SMILES string of the molecule is O=C(c1ccccn1)N1CCC(Oc2nc3ccccc3s2)CC1. The third kappa shape index (κ3) is 3.10. The number of benzene rings is 1. The minimum Gasteiger partial charge on any atom is -0.467 e. The zero-order valence-corrected chi connectivity index (χ0v) is 13.9. The molecule has 1 fully saturated rings. The van der Waals surface area contributed by atoms with E-state index >= 15 is 0 Å². The van der Waals surface area contributed by atoms with Gasteiger partial charge in [-0.25, -0.2) is 4.98 Å². The van der Waals surface area contributed by atoms with Crippen molar-refractivity contribution < 1.29 is 9.53 Å². The molecule has 1 aromatic carbocycles. The van der Waals surface area contributed by atoms with Crippen molar-refractivity contribution in [1.82, 2.24) is 14.9 Å². The highest BCUT2D eigenvalue weighted by molar-refractivity contribution is 7.20. The molecule has 3 heterocycles. The van der Waals surface area contributed by atoms with Crippen molar-refractivity contribution in [3.05, 3.63) is 54.4 Å². The Bertz CT molecular complexity index is 809. The first-order chi connectivity index (χ1) is 11.8. The number of rotatable bonds is 3. The fraction of sp³-hybridized carbons (Fsp3) is 0.278. The van der Waals surface area contributed by atoms with Crippen LogP contribution in [0.15, 0.2) is 48.7 Å². The van der Waals surface area contributed by atoms with Crippen LogP contribution in [0.5, 0.6) is 5.19 Å². The van der Waals surface area contributed by atoms with E-state index in [1.165, 1.54) is 0 Å². The van der Waals surface area contributed by atoms with Gasteiger partial charge in [-0.05, 0) is 24.3 Å². The number of ether oxygens (including phenoxy) is 1. The van der Waals surface area contributed by atoms with Crippen molar-refractivity contribution in [1.29, 1.82) is 0 Å². The third-order valence-electron chi connectivity index (χ3n) is 4.15. The van der Waals surface area contributed by atoms with Crippen LogP contribution in [0.1, 0.15) is 23.3 Å². The molecule has 0 atom stereocenters. The number of thiazole rings is 1. The fourth-order valence-electron chi connectivity index (χ4n) is 2.87. The molecule has 1 saturated heterocycles. The number of carbonyl (C=O) groups excluding carboxylic acids is 1. The Kier molecular flexibility index (Phi) is 4.13. The van der Waals surface area contributed by atoms with E-state index in [0.29, 0.717) is 24.0 Å². The van der Waals surface area contributed by atoms with Crippen LogP contribution < -0.4 is 4.74 Å². The standard InChI is InChI=1S/C18H17N3O2S/c22-17(15-6-3-4-10-19-15)21-11-8-13(9-12-21)23-18-20-14-5-1-2-7-16(14)24-18/h1-7,10,13H,8-9,11-12H2. The smallest absolute Gasteiger partial charge is 0.274 e. The fourth-order valence-corrected chi connectivity index (χ4v) is 3.75. The lowest BCUT2D eigenvalue weighted by Gasteiger charge is -2.31. The second-order valence-electron chi connectivity index (χ2n) is 5.77. The second-order valence-corrected chi connectivity index (χ2v) is 6.77. The third-order valence-corrected chi connectivity index (χ3v) is 5.08. The Morgan fingerprint density at radius 3 is 2.67 bits per heavy atom. The van der Waals surface area contributed by atoms with E-state index in [1.54, 1.807) is 23.6 Å². The highest BCUT2D eigenvalue weighted by Crippen LogP contribution is 2.29. The summed E-state index contributed by atoms with van der Waals surface area (Å²) in [6.07, 6.45) is 3.39. The summed E-state index contributed by atoms with van der Waals surface area (Å²) >= 11 is 1.57. The molecule has 0 spiro atoms. The van der Waals surface area contributed by atoms with Gasteiger partial charge in [-0.15, -0.1) is 0 Å². The van der Waals surface area contributed by atoms with Crippen LogP contribution in [-0.2, 0) is 0 Å². The molecule has 0 radical (unpaired) electrons. The lowest BCUT2D eigenvalue weighted by atomic mass is 10.1. The van der Waals surface area contributed by atoms with E-state index in [4.69, 9.17) is 4.74 Å². The van der Waals surface area contributed by atoms with Crippen molar-refractivity contribution in [2.45, 2.75) is 18.9 Å². The number of pyridine rings is 1. The number of carbonyl (C=O) groups is 1.